The lowest BCUT2D eigenvalue weighted by Crippen LogP contribution is -2.38. The second kappa shape index (κ2) is 12.6. The first-order valence-electron chi connectivity index (χ1n) is 12.2. The number of methoxy groups -OCH3 is 1. The largest absolute Gasteiger partial charge is 0.493 e. The molecule has 0 aliphatic heterocycles. The first kappa shape index (κ1) is 28.1. The topological polar surface area (TPSA) is 59.6 Å². The Morgan fingerprint density at radius 2 is 1.59 bits per heavy atom. The molecule has 0 fully saturated rings. The summed E-state index contributed by atoms with van der Waals surface area (Å²) < 4.78 is 50.4. The molecule has 2 atom stereocenters. The summed E-state index contributed by atoms with van der Waals surface area (Å²) in [6.07, 6.45) is -3.39. The minimum Gasteiger partial charge on any atom is -0.493 e. The average molecular weight is 515 g/mol. The van der Waals surface area contributed by atoms with Crippen LogP contribution in [0.3, 0.4) is 0 Å². The number of nitrogens with one attached hydrogen (secondary N) is 2. The minimum absolute atomic E-state index is 0.0379. The molecule has 0 aliphatic rings. The van der Waals surface area contributed by atoms with Crippen LogP contribution in [0.5, 0.6) is 11.5 Å². The van der Waals surface area contributed by atoms with E-state index in [2.05, 4.69) is 10.6 Å². The summed E-state index contributed by atoms with van der Waals surface area (Å²) in [5.74, 6) is 0.967. The van der Waals surface area contributed by atoms with Crippen molar-refractivity contribution in [2.45, 2.75) is 51.1 Å². The fourth-order valence-corrected chi connectivity index (χ4v) is 4.08. The Morgan fingerprint density at radius 1 is 0.919 bits per heavy atom. The third-order valence-electron chi connectivity index (χ3n) is 5.97. The molecule has 5 nitrogen and oxygen atoms in total. The Hall–Kier alpha value is -3.52. The highest BCUT2D eigenvalue weighted by atomic mass is 19.4. The summed E-state index contributed by atoms with van der Waals surface area (Å²) in [5.41, 5.74) is 1.75. The monoisotopic (exact) mass is 514 g/mol. The number of benzene rings is 3. The van der Waals surface area contributed by atoms with Crippen LogP contribution in [0, 0.1) is 0 Å². The van der Waals surface area contributed by atoms with Gasteiger partial charge in [-0.25, -0.2) is 0 Å². The van der Waals surface area contributed by atoms with E-state index in [0.717, 1.165) is 28.8 Å². The molecule has 1 amide bonds. The van der Waals surface area contributed by atoms with E-state index in [1.54, 1.807) is 14.2 Å². The van der Waals surface area contributed by atoms with Gasteiger partial charge in [-0.1, -0.05) is 48.5 Å². The third-order valence-corrected chi connectivity index (χ3v) is 5.97. The number of carbonyl (C=O) groups is 1. The van der Waals surface area contributed by atoms with Crippen molar-refractivity contribution in [3.05, 3.63) is 95.1 Å². The lowest BCUT2D eigenvalue weighted by atomic mass is 9.95. The van der Waals surface area contributed by atoms with E-state index in [-0.39, 0.29) is 18.1 Å². The maximum atomic E-state index is 13.0. The average Bonchev–Trinajstić information content (AvgIpc) is 2.88. The van der Waals surface area contributed by atoms with Crippen LogP contribution in [0.2, 0.25) is 0 Å². The van der Waals surface area contributed by atoms with Gasteiger partial charge in [-0.2, -0.15) is 13.2 Å². The van der Waals surface area contributed by atoms with Gasteiger partial charge in [-0.3, -0.25) is 10.1 Å². The molecule has 0 saturated carbocycles. The van der Waals surface area contributed by atoms with Crippen molar-refractivity contribution in [1.82, 2.24) is 10.6 Å². The van der Waals surface area contributed by atoms with Crippen molar-refractivity contribution >= 4 is 5.91 Å². The Kier molecular flexibility index (Phi) is 9.58. The predicted molar refractivity (Wildman–Crippen MR) is 138 cm³/mol. The zero-order chi connectivity index (χ0) is 27.0. The SMILES string of the molecule is CNC(=O)[C@@H](N[C@H](CCc1ccc(C(F)(F)F)cc1)c1ccc(OC(C)C)c(OC)c1)c1ccccc1. The van der Waals surface area contributed by atoms with Gasteiger partial charge in [-0.15, -0.1) is 0 Å². The summed E-state index contributed by atoms with van der Waals surface area (Å²) in [4.78, 5) is 12.9. The molecule has 0 radical (unpaired) electrons. The van der Waals surface area contributed by atoms with Gasteiger partial charge in [0.15, 0.2) is 11.5 Å². The van der Waals surface area contributed by atoms with E-state index < -0.39 is 17.8 Å². The van der Waals surface area contributed by atoms with Gasteiger partial charge in [-0.05, 0) is 67.6 Å². The molecule has 198 valence electrons. The number of rotatable bonds is 11. The minimum atomic E-state index is -4.38. The van der Waals surface area contributed by atoms with E-state index in [0.29, 0.717) is 24.3 Å². The number of halogens is 3. The van der Waals surface area contributed by atoms with Crippen LogP contribution in [0.25, 0.3) is 0 Å². The second-order valence-electron chi connectivity index (χ2n) is 8.99. The van der Waals surface area contributed by atoms with Crippen LogP contribution in [0.4, 0.5) is 13.2 Å². The highest BCUT2D eigenvalue weighted by Gasteiger charge is 2.30. The van der Waals surface area contributed by atoms with Crippen molar-refractivity contribution < 1.29 is 27.4 Å². The molecule has 0 bridgehead atoms. The highest BCUT2D eigenvalue weighted by Crippen LogP contribution is 2.34. The molecule has 0 heterocycles. The van der Waals surface area contributed by atoms with E-state index >= 15 is 0 Å². The number of aryl methyl sites for hydroxylation is 1. The summed E-state index contributed by atoms with van der Waals surface area (Å²) in [7, 11) is 3.15. The number of likely N-dealkylation sites (N-methyl/N-ethyl adjacent to an activating group) is 1. The number of amides is 1. The summed E-state index contributed by atoms with van der Waals surface area (Å²) >= 11 is 0. The summed E-state index contributed by atoms with van der Waals surface area (Å²) in [5, 5.41) is 6.18. The van der Waals surface area contributed by atoms with Crippen LogP contribution < -0.4 is 20.1 Å². The van der Waals surface area contributed by atoms with Crippen LogP contribution in [0.15, 0.2) is 72.8 Å². The van der Waals surface area contributed by atoms with Crippen molar-refractivity contribution in [3.63, 3.8) is 0 Å². The number of hydrogen-bond donors (Lipinski definition) is 2. The molecule has 2 N–H and O–H groups in total. The lowest BCUT2D eigenvalue weighted by molar-refractivity contribution is -0.137. The first-order chi connectivity index (χ1) is 17.6. The van der Waals surface area contributed by atoms with E-state index in [1.165, 1.54) is 12.1 Å². The smallest absolute Gasteiger partial charge is 0.416 e. The quantitative estimate of drug-likeness (QED) is 0.318. The van der Waals surface area contributed by atoms with Crippen molar-refractivity contribution in [3.8, 4) is 11.5 Å². The van der Waals surface area contributed by atoms with Gasteiger partial charge in [0.25, 0.3) is 0 Å². The summed E-state index contributed by atoms with van der Waals surface area (Å²) in [6, 6.07) is 19.2. The first-order valence-corrected chi connectivity index (χ1v) is 12.2. The molecule has 0 spiro atoms. The molecule has 3 aromatic rings. The molecular formula is C29H33F3N2O3. The van der Waals surface area contributed by atoms with Crippen molar-refractivity contribution in [2.75, 3.05) is 14.2 Å². The number of ether oxygens (including phenoxy) is 2. The molecule has 0 saturated heterocycles. The fourth-order valence-electron chi connectivity index (χ4n) is 4.08. The van der Waals surface area contributed by atoms with Crippen LogP contribution in [0.1, 0.15) is 54.6 Å². The van der Waals surface area contributed by atoms with Crippen molar-refractivity contribution in [2.24, 2.45) is 0 Å². The van der Waals surface area contributed by atoms with Gasteiger partial charge in [0.1, 0.15) is 6.04 Å². The predicted octanol–water partition coefficient (Wildman–Crippen LogP) is 6.25. The maximum absolute atomic E-state index is 13.0. The molecule has 0 aliphatic carbocycles. The normalized spacial score (nSPS) is 13.2. The van der Waals surface area contributed by atoms with Crippen molar-refractivity contribution in [1.29, 1.82) is 0 Å². The lowest BCUT2D eigenvalue weighted by Gasteiger charge is -2.27. The molecule has 0 unspecified atom stereocenters. The van der Waals surface area contributed by atoms with Crippen LogP contribution >= 0.6 is 0 Å². The number of carbonyl (C=O) groups excluding carboxylic acids is 1. The Labute approximate surface area is 216 Å². The maximum Gasteiger partial charge on any atom is 0.416 e. The fraction of sp³-hybridized carbons (Fsp3) is 0.345. The van der Waals surface area contributed by atoms with Crippen LogP contribution in [-0.4, -0.2) is 26.2 Å². The highest BCUT2D eigenvalue weighted by molar-refractivity contribution is 5.83. The van der Waals surface area contributed by atoms with Crippen LogP contribution in [-0.2, 0) is 17.4 Å². The van der Waals surface area contributed by atoms with E-state index in [9.17, 15) is 18.0 Å². The van der Waals surface area contributed by atoms with E-state index in [1.807, 2.05) is 62.4 Å². The van der Waals surface area contributed by atoms with Gasteiger partial charge in [0, 0.05) is 13.1 Å². The molecule has 0 aromatic heterocycles. The van der Waals surface area contributed by atoms with Gasteiger partial charge < -0.3 is 14.8 Å². The standard InChI is InChI=1S/C29H33F3N2O3/c1-19(2)37-25-17-13-22(18-26(25)36-4)24(16-12-20-10-14-23(15-11-20)29(30,31)32)34-27(28(35)33-3)21-8-6-5-7-9-21/h5-11,13-15,17-19,24,27,34H,12,16H2,1-4H3,(H,33,35)/t24-,27+/m1/s1. The molecule has 37 heavy (non-hydrogen) atoms. The Bertz CT molecular complexity index is 1150. The second-order valence-corrected chi connectivity index (χ2v) is 8.99. The van der Waals surface area contributed by atoms with Gasteiger partial charge in [0.05, 0.1) is 18.8 Å². The summed E-state index contributed by atoms with van der Waals surface area (Å²) in [6.45, 7) is 3.85. The zero-order valence-electron chi connectivity index (χ0n) is 21.4. The molecule has 3 aromatic carbocycles. The molecular weight excluding hydrogens is 481 g/mol. The van der Waals surface area contributed by atoms with Gasteiger partial charge in [0.2, 0.25) is 5.91 Å². The third kappa shape index (κ3) is 7.73. The Morgan fingerprint density at radius 3 is 2.16 bits per heavy atom. The van der Waals surface area contributed by atoms with E-state index in [4.69, 9.17) is 9.47 Å². The number of hydrogen-bond acceptors (Lipinski definition) is 4. The zero-order valence-corrected chi connectivity index (χ0v) is 21.4. The molecule has 3 rings (SSSR count). The number of alkyl halides is 3. The Balaban J connectivity index is 1.93. The van der Waals surface area contributed by atoms with Gasteiger partial charge >= 0.3 is 6.18 Å². The molecule has 8 heteroatoms.